The topological polar surface area (TPSA) is 15.3 Å². The Morgan fingerprint density at radius 3 is 2.88 bits per heavy atom. The Morgan fingerprint density at radius 1 is 0.941 bits per heavy atom. The molecule has 0 aromatic carbocycles. The van der Waals surface area contributed by atoms with Gasteiger partial charge in [0.25, 0.3) is 0 Å². The highest BCUT2D eigenvalue weighted by Gasteiger charge is 2.31. The molecule has 17 heavy (non-hydrogen) atoms. The third-order valence-electron chi connectivity index (χ3n) is 4.75. The molecule has 0 radical (unpaired) electrons. The van der Waals surface area contributed by atoms with Crippen LogP contribution in [-0.4, -0.2) is 36.1 Å². The Morgan fingerprint density at radius 2 is 1.88 bits per heavy atom. The van der Waals surface area contributed by atoms with E-state index < -0.39 is 0 Å². The molecule has 2 aliphatic heterocycles. The predicted molar refractivity (Wildman–Crippen MR) is 72.1 cm³/mol. The molecule has 3 rings (SSSR count). The van der Waals surface area contributed by atoms with Crippen molar-refractivity contribution >= 4 is 0 Å². The van der Waals surface area contributed by atoms with Crippen LogP contribution in [0.1, 0.15) is 51.4 Å². The van der Waals surface area contributed by atoms with E-state index in [4.69, 9.17) is 0 Å². The van der Waals surface area contributed by atoms with Crippen molar-refractivity contribution in [2.75, 3.05) is 13.1 Å². The normalized spacial score (nSPS) is 41.5. The summed E-state index contributed by atoms with van der Waals surface area (Å²) in [7, 11) is 0. The summed E-state index contributed by atoms with van der Waals surface area (Å²) in [5, 5.41) is 3.78. The summed E-state index contributed by atoms with van der Waals surface area (Å²) in [6.07, 6.45) is 16.0. The van der Waals surface area contributed by atoms with Crippen LogP contribution in [0.3, 0.4) is 0 Å². The first-order valence-electron chi connectivity index (χ1n) is 7.58. The lowest BCUT2D eigenvalue weighted by Crippen LogP contribution is -2.41. The van der Waals surface area contributed by atoms with Crippen molar-refractivity contribution in [2.45, 2.75) is 69.5 Å². The van der Waals surface area contributed by atoms with Gasteiger partial charge in [-0.1, -0.05) is 25.0 Å². The van der Waals surface area contributed by atoms with Crippen LogP contribution in [0.15, 0.2) is 12.2 Å². The molecule has 0 aromatic rings. The molecule has 2 heterocycles. The molecule has 2 fully saturated rings. The van der Waals surface area contributed by atoms with Crippen LogP contribution in [0.5, 0.6) is 0 Å². The number of nitrogens with zero attached hydrogens (tertiary/aromatic N) is 1. The van der Waals surface area contributed by atoms with E-state index >= 15 is 0 Å². The van der Waals surface area contributed by atoms with Crippen LogP contribution < -0.4 is 5.32 Å². The van der Waals surface area contributed by atoms with Gasteiger partial charge >= 0.3 is 0 Å². The van der Waals surface area contributed by atoms with E-state index in [1.54, 1.807) is 0 Å². The molecular weight excluding hydrogens is 208 g/mol. The number of fused-ring (bicyclic) bond motifs is 2. The molecule has 3 unspecified atom stereocenters. The fourth-order valence-corrected chi connectivity index (χ4v) is 3.72. The smallest absolute Gasteiger partial charge is 0.0278 e. The monoisotopic (exact) mass is 234 g/mol. The van der Waals surface area contributed by atoms with Gasteiger partial charge in [-0.25, -0.2) is 0 Å². The molecular formula is C15H26N2. The van der Waals surface area contributed by atoms with Gasteiger partial charge in [-0.15, -0.1) is 0 Å². The standard InChI is InChI=1S/C15H26N2/c1-2-4-6-15(7-5-3-1)17-11-10-13-8-9-14(12-17)16-13/h4,6,13-16H,1-3,5,7-12H2/b6-4+. The SMILES string of the molecule is C1=C/C(N2CCC3CCC(C2)N3)CCCCC/1. The molecule has 1 N–H and O–H groups in total. The minimum Gasteiger partial charge on any atom is -0.310 e. The number of hydrogen-bond donors (Lipinski definition) is 1. The first-order chi connectivity index (χ1) is 8.42. The first-order valence-corrected chi connectivity index (χ1v) is 7.58. The lowest BCUT2D eigenvalue weighted by atomic mass is 9.99. The molecule has 0 saturated carbocycles. The molecule has 3 aliphatic rings. The second kappa shape index (κ2) is 5.53. The van der Waals surface area contributed by atoms with E-state index in [2.05, 4.69) is 22.4 Å². The number of rotatable bonds is 1. The molecule has 0 aromatic heterocycles. The third kappa shape index (κ3) is 2.92. The maximum atomic E-state index is 3.78. The molecule has 2 heteroatoms. The Hall–Kier alpha value is -0.340. The fraction of sp³-hybridized carbons (Fsp3) is 0.867. The molecule has 1 aliphatic carbocycles. The first kappa shape index (κ1) is 11.7. The van der Waals surface area contributed by atoms with E-state index in [-0.39, 0.29) is 0 Å². The zero-order chi connectivity index (χ0) is 11.5. The summed E-state index contributed by atoms with van der Waals surface area (Å²) in [4.78, 5) is 2.75. The average Bonchev–Trinajstić information content (AvgIpc) is 2.59. The summed E-state index contributed by atoms with van der Waals surface area (Å²) in [6.45, 7) is 2.59. The van der Waals surface area contributed by atoms with Crippen molar-refractivity contribution in [1.82, 2.24) is 10.2 Å². The third-order valence-corrected chi connectivity index (χ3v) is 4.75. The maximum absolute atomic E-state index is 3.78. The minimum atomic E-state index is 0.733. The molecule has 2 saturated heterocycles. The Labute approximate surface area is 105 Å². The molecule has 96 valence electrons. The number of nitrogens with one attached hydrogen (secondary N) is 1. The van der Waals surface area contributed by atoms with Crippen molar-refractivity contribution in [3.63, 3.8) is 0 Å². The van der Waals surface area contributed by atoms with Crippen LogP contribution in [0.2, 0.25) is 0 Å². The van der Waals surface area contributed by atoms with E-state index in [9.17, 15) is 0 Å². The van der Waals surface area contributed by atoms with Gasteiger partial charge in [-0.3, -0.25) is 4.90 Å². The number of likely N-dealkylation sites (tertiary alicyclic amines) is 1. The van der Waals surface area contributed by atoms with Crippen LogP contribution in [-0.2, 0) is 0 Å². The lowest BCUT2D eigenvalue weighted by Gasteiger charge is -2.31. The van der Waals surface area contributed by atoms with Gasteiger partial charge in [0.05, 0.1) is 0 Å². The van der Waals surface area contributed by atoms with Gasteiger partial charge in [0.1, 0.15) is 0 Å². The highest BCUT2D eigenvalue weighted by Crippen LogP contribution is 2.24. The van der Waals surface area contributed by atoms with Crippen LogP contribution in [0, 0.1) is 0 Å². The Balaban J connectivity index is 1.63. The zero-order valence-electron chi connectivity index (χ0n) is 10.9. The fourth-order valence-electron chi connectivity index (χ4n) is 3.72. The Kier molecular flexibility index (Phi) is 3.82. The highest BCUT2D eigenvalue weighted by molar-refractivity contribution is 4.99. The molecule has 3 atom stereocenters. The van der Waals surface area contributed by atoms with E-state index in [1.165, 1.54) is 64.5 Å². The minimum absolute atomic E-state index is 0.733. The van der Waals surface area contributed by atoms with E-state index in [1.807, 2.05) is 0 Å². The number of allylic oxidation sites excluding steroid dienone is 1. The molecule has 2 nitrogen and oxygen atoms in total. The van der Waals surface area contributed by atoms with Crippen molar-refractivity contribution in [3.8, 4) is 0 Å². The van der Waals surface area contributed by atoms with Crippen molar-refractivity contribution < 1.29 is 0 Å². The summed E-state index contributed by atoms with van der Waals surface area (Å²) in [5.41, 5.74) is 0. The summed E-state index contributed by atoms with van der Waals surface area (Å²) >= 11 is 0. The second-order valence-corrected chi connectivity index (χ2v) is 6.05. The summed E-state index contributed by atoms with van der Waals surface area (Å²) in [5.74, 6) is 0. The van der Waals surface area contributed by atoms with E-state index in [0.717, 1.165) is 18.1 Å². The molecule has 2 bridgehead atoms. The largest absolute Gasteiger partial charge is 0.310 e. The molecule has 0 spiro atoms. The van der Waals surface area contributed by atoms with Gasteiger partial charge in [0.15, 0.2) is 0 Å². The van der Waals surface area contributed by atoms with E-state index in [0.29, 0.717) is 0 Å². The van der Waals surface area contributed by atoms with Gasteiger partial charge in [0, 0.05) is 31.2 Å². The summed E-state index contributed by atoms with van der Waals surface area (Å²) < 4.78 is 0. The van der Waals surface area contributed by atoms with Gasteiger partial charge in [0.2, 0.25) is 0 Å². The second-order valence-electron chi connectivity index (χ2n) is 6.05. The molecule has 0 amide bonds. The average molecular weight is 234 g/mol. The zero-order valence-corrected chi connectivity index (χ0v) is 10.9. The van der Waals surface area contributed by atoms with Crippen molar-refractivity contribution in [3.05, 3.63) is 12.2 Å². The van der Waals surface area contributed by atoms with Crippen LogP contribution >= 0.6 is 0 Å². The van der Waals surface area contributed by atoms with Crippen LogP contribution in [0.25, 0.3) is 0 Å². The van der Waals surface area contributed by atoms with Crippen molar-refractivity contribution in [2.24, 2.45) is 0 Å². The highest BCUT2D eigenvalue weighted by atomic mass is 15.2. The van der Waals surface area contributed by atoms with Gasteiger partial charge < -0.3 is 5.32 Å². The lowest BCUT2D eigenvalue weighted by molar-refractivity contribution is 0.204. The maximum Gasteiger partial charge on any atom is 0.0278 e. The van der Waals surface area contributed by atoms with Gasteiger partial charge in [-0.05, 0) is 38.5 Å². The summed E-state index contributed by atoms with van der Waals surface area (Å²) in [6, 6.07) is 2.33. The quantitative estimate of drug-likeness (QED) is 0.702. The van der Waals surface area contributed by atoms with Crippen molar-refractivity contribution in [1.29, 1.82) is 0 Å². The predicted octanol–water partition coefficient (Wildman–Crippen LogP) is 2.70. The number of hydrogen-bond acceptors (Lipinski definition) is 2. The van der Waals surface area contributed by atoms with Crippen LogP contribution in [0.4, 0.5) is 0 Å². The Bertz CT molecular complexity index is 274. The van der Waals surface area contributed by atoms with Gasteiger partial charge in [-0.2, -0.15) is 0 Å².